The van der Waals surface area contributed by atoms with E-state index in [0.717, 1.165) is 18.6 Å². The number of phenols is 1. The van der Waals surface area contributed by atoms with Gasteiger partial charge in [-0.3, -0.25) is 0 Å². The first kappa shape index (κ1) is 25.7. The molecule has 0 unspecified atom stereocenters. The number of halogens is 2. The first-order valence-corrected chi connectivity index (χ1v) is 5.56. The molecule has 0 fully saturated rings. The Morgan fingerprint density at radius 1 is 0.818 bits per heavy atom. The molecule has 22 heavy (non-hydrogen) atoms. The predicted molar refractivity (Wildman–Crippen MR) is 86.4 cm³/mol. The number of aromatic hydroxyl groups is 1. The number of hydrogen-bond donors (Lipinski definition) is 1. The van der Waals surface area contributed by atoms with Crippen molar-refractivity contribution < 1.29 is 40.1 Å². The van der Waals surface area contributed by atoms with Crippen molar-refractivity contribution in [1.29, 1.82) is 0 Å². The minimum atomic E-state index is -0.935. The standard InChI is InChI=1S/C9H8.C6H4F2O.3CH3.Zr/c1-2-5-9-7-3-6-8(9)4-1;7-4-2-1-3-5(8)6(4)9;;;;/h1-6H,7H2;1-3,9H;3*1H3;/q;;3*-1;+3. The quantitative estimate of drug-likeness (QED) is 0.615. The molecular weight excluding hydrogens is 361 g/mol. The molecule has 1 nitrogen and oxygen atoms in total. The topological polar surface area (TPSA) is 20.2 Å². The molecule has 1 aliphatic rings. The third-order valence-electron chi connectivity index (χ3n) is 2.63. The van der Waals surface area contributed by atoms with Gasteiger partial charge in [-0.05, 0) is 29.7 Å². The van der Waals surface area contributed by atoms with Gasteiger partial charge in [-0.2, -0.15) is 0 Å². The van der Waals surface area contributed by atoms with Gasteiger partial charge in [-0.15, -0.1) is 0 Å². The van der Waals surface area contributed by atoms with Crippen molar-refractivity contribution in [2.75, 3.05) is 0 Å². The molecule has 0 aromatic heterocycles. The number of hydrogen-bond acceptors (Lipinski definition) is 1. The molecule has 1 radical (unpaired) electrons. The third-order valence-corrected chi connectivity index (χ3v) is 2.63. The van der Waals surface area contributed by atoms with E-state index in [4.69, 9.17) is 5.11 Å². The van der Waals surface area contributed by atoms with Crippen molar-refractivity contribution in [3.63, 3.8) is 0 Å². The van der Waals surface area contributed by atoms with E-state index in [-0.39, 0.29) is 48.5 Å². The predicted octanol–water partition coefficient (Wildman–Crippen LogP) is 5.27. The summed E-state index contributed by atoms with van der Waals surface area (Å²) in [5.41, 5.74) is 2.84. The molecular formula is C18H21F2OZr. The van der Waals surface area contributed by atoms with Crippen LogP contribution >= 0.6 is 0 Å². The average Bonchev–Trinajstić information content (AvgIpc) is 2.85. The van der Waals surface area contributed by atoms with E-state index in [2.05, 4.69) is 36.4 Å². The van der Waals surface area contributed by atoms with Crippen LogP contribution in [-0.2, 0) is 32.6 Å². The average molecular weight is 383 g/mol. The van der Waals surface area contributed by atoms with Crippen LogP contribution in [0.15, 0.2) is 48.5 Å². The molecule has 0 aliphatic heterocycles. The van der Waals surface area contributed by atoms with Crippen molar-refractivity contribution in [1.82, 2.24) is 0 Å². The monoisotopic (exact) mass is 381 g/mol. The molecule has 117 valence electrons. The van der Waals surface area contributed by atoms with Gasteiger partial charge in [0.1, 0.15) is 0 Å². The maximum Gasteiger partial charge on any atom is 3.00 e. The van der Waals surface area contributed by atoms with Crippen molar-refractivity contribution in [2.45, 2.75) is 6.42 Å². The summed E-state index contributed by atoms with van der Waals surface area (Å²) >= 11 is 0. The number of fused-ring (bicyclic) bond motifs is 1. The van der Waals surface area contributed by atoms with Crippen LogP contribution in [0.25, 0.3) is 6.08 Å². The molecule has 0 saturated carbocycles. The van der Waals surface area contributed by atoms with E-state index in [1.165, 1.54) is 17.2 Å². The molecule has 2 aromatic carbocycles. The summed E-state index contributed by atoms with van der Waals surface area (Å²) in [6.45, 7) is 0. The zero-order chi connectivity index (χ0) is 13.0. The Balaban J connectivity index is -0.000000278. The van der Waals surface area contributed by atoms with Crippen LogP contribution in [0, 0.1) is 33.9 Å². The van der Waals surface area contributed by atoms with Gasteiger partial charge < -0.3 is 27.4 Å². The Morgan fingerprint density at radius 2 is 1.36 bits per heavy atom. The Bertz CT molecular complexity index is 563. The SMILES string of the molecule is C1=Cc2ccccc2C1.Oc1c(F)cccc1F.[CH3-].[CH3-].[CH3-].[Zr+3]. The number of phenolic OH excluding ortho intramolecular Hbond substituents is 1. The second-order valence-corrected chi connectivity index (χ2v) is 3.88. The first-order valence-electron chi connectivity index (χ1n) is 5.56. The molecule has 0 saturated heterocycles. The smallest absolute Gasteiger partial charge is 0.503 e. The van der Waals surface area contributed by atoms with Crippen molar-refractivity contribution in [3.8, 4) is 5.75 Å². The second-order valence-electron chi connectivity index (χ2n) is 3.88. The second kappa shape index (κ2) is 12.3. The Labute approximate surface area is 151 Å². The normalized spacial score (nSPS) is 9.55. The third kappa shape index (κ3) is 6.66. The van der Waals surface area contributed by atoms with Crippen LogP contribution in [0.4, 0.5) is 8.78 Å². The molecule has 3 rings (SSSR count). The molecule has 4 heteroatoms. The van der Waals surface area contributed by atoms with E-state index in [9.17, 15) is 8.78 Å². The summed E-state index contributed by atoms with van der Waals surface area (Å²) in [6, 6.07) is 11.6. The zero-order valence-corrected chi connectivity index (χ0v) is 15.6. The maximum atomic E-state index is 12.1. The van der Waals surface area contributed by atoms with E-state index in [0.29, 0.717) is 0 Å². The fourth-order valence-corrected chi connectivity index (χ4v) is 1.68. The van der Waals surface area contributed by atoms with E-state index < -0.39 is 17.4 Å². The van der Waals surface area contributed by atoms with Gasteiger partial charge in [-0.1, -0.05) is 42.5 Å². The fourth-order valence-electron chi connectivity index (χ4n) is 1.68. The minimum absolute atomic E-state index is 0. The van der Waals surface area contributed by atoms with Crippen LogP contribution in [-0.4, -0.2) is 5.11 Å². The van der Waals surface area contributed by atoms with E-state index in [1.54, 1.807) is 0 Å². The molecule has 0 spiro atoms. The van der Waals surface area contributed by atoms with E-state index in [1.807, 2.05) is 0 Å². The van der Waals surface area contributed by atoms with Gasteiger partial charge in [0.25, 0.3) is 0 Å². The van der Waals surface area contributed by atoms with Gasteiger partial charge >= 0.3 is 26.2 Å². The van der Waals surface area contributed by atoms with Crippen molar-refractivity contribution in [2.24, 2.45) is 0 Å². The van der Waals surface area contributed by atoms with Gasteiger partial charge in [0.05, 0.1) is 0 Å². The van der Waals surface area contributed by atoms with Crippen LogP contribution in [0.2, 0.25) is 0 Å². The summed E-state index contributed by atoms with van der Waals surface area (Å²) < 4.78 is 24.2. The number of allylic oxidation sites excluding steroid dienone is 1. The van der Waals surface area contributed by atoms with Gasteiger partial charge in [0.2, 0.25) is 0 Å². The van der Waals surface area contributed by atoms with Crippen molar-refractivity contribution >= 4 is 6.08 Å². The molecule has 0 atom stereocenters. The summed E-state index contributed by atoms with van der Waals surface area (Å²) in [5.74, 6) is -2.79. The summed E-state index contributed by atoms with van der Waals surface area (Å²) in [4.78, 5) is 0. The Hall–Kier alpha value is -1.28. The number of benzene rings is 2. The zero-order valence-electron chi connectivity index (χ0n) is 13.1. The van der Waals surface area contributed by atoms with Crippen LogP contribution < -0.4 is 0 Å². The fraction of sp³-hybridized carbons (Fsp3) is 0.0556. The Morgan fingerprint density at radius 3 is 1.86 bits per heavy atom. The van der Waals surface area contributed by atoms with Crippen LogP contribution in [0.5, 0.6) is 5.75 Å². The summed E-state index contributed by atoms with van der Waals surface area (Å²) in [5, 5.41) is 8.46. The van der Waals surface area contributed by atoms with Crippen LogP contribution in [0.3, 0.4) is 0 Å². The molecule has 0 bridgehead atoms. The maximum absolute atomic E-state index is 12.1. The summed E-state index contributed by atoms with van der Waals surface area (Å²) in [6.07, 6.45) is 5.50. The van der Waals surface area contributed by atoms with Gasteiger partial charge in [0.15, 0.2) is 17.4 Å². The largest absolute Gasteiger partial charge is 3.00 e. The minimum Gasteiger partial charge on any atom is -0.503 e. The molecule has 1 N–H and O–H groups in total. The van der Waals surface area contributed by atoms with E-state index >= 15 is 0 Å². The number of rotatable bonds is 0. The van der Waals surface area contributed by atoms with Gasteiger partial charge in [-0.25, -0.2) is 8.78 Å². The molecule has 1 aliphatic carbocycles. The summed E-state index contributed by atoms with van der Waals surface area (Å²) in [7, 11) is 0. The molecule has 2 aromatic rings. The van der Waals surface area contributed by atoms with Gasteiger partial charge in [0, 0.05) is 0 Å². The van der Waals surface area contributed by atoms with Crippen LogP contribution in [0.1, 0.15) is 11.1 Å². The number of para-hydroxylation sites is 1. The molecule has 0 heterocycles. The first-order chi connectivity index (χ1) is 8.68. The molecule has 0 amide bonds. The Kier molecular flexibility index (Phi) is 14.3. The van der Waals surface area contributed by atoms with Crippen molar-refractivity contribution in [3.05, 3.63) is 93.6 Å².